The van der Waals surface area contributed by atoms with Crippen LogP contribution in [0.2, 0.25) is 0 Å². The van der Waals surface area contributed by atoms with Gasteiger partial charge in [0, 0.05) is 37.6 Å². The van der Waals surface area contributed by atoms with Crippen molar-refractivity contribution in [1.82, 2.24) is 19.7 Å². The van der Waals surface area contributed by atoms with E-state index in [1.165, 1.54) is 0 Å². The maximum absolute atomic E-state index is 12.9. The molecule has 6 heteroatoms. The minimum Gasteiger partial charge on any atom is -0.497 e. The molecule has 0 unspecified atom stereocenters. The van der Waals surface area contributed by atoms with Gasteiger partial charge in [0.1, 0.15) is 5.75 Å². The Morgan fingerprint density at radius 3 is 2.54 bits per heavy atom. The van der Waals surface area contributed by atoms with Gasteiger partial charge in [0.15, 0.2) is 5.69 Å². The third-order valence-corrected chi connectivity index (χ3v) is 5.10. The Hall–Kier alpha value is -3.15. The summed E-state index contributed by atoms with van der Waals surface area (Å²) in [5.74, 6) is 1.23. The third kappa shape index (κ3) is 3.91. The van der Waals surface area contributed by atoms with Crippen LogP contribution in [0.15, 0.2) is 54.9 Å². The van der Waals surface area contributed by atoms with Gasteiger partial charge < -0.3 is 9.64 Å². The normalized spacial score (nSPS) is 13.4. The van der Waals surface area contributed by atoms with Gasteiger partial charge in [-0.25, -0.2) is 4.68 Å². The van der Waals surface area contributed by atoms with Gasteiger partial charge in [0.05, 0.1) is 12.8 Å². The van der Waals surface area contributed by atoms with Gasteiger partial charge in [-0.1, -0.05) is 0 Å². The molecule has 2 heterocycles. The van der Waals surface area contributed by atoms with Gasteiger partial charge >= 0.3 is 0 Å². The number of nitrogens with zero attached hydrogens (tertiary/aromatic N) is 4. The van der Waals surface area contributed by atoms with Crippen molar-refractivity contribution in [2.75, 3.05) is 20.7 Å². The number of ether oxygens (including phenoxy) is 1. The molecule has 0 aliphatic heterocycles. The van der Waals surface area contributed by atoms with Gasteiger partial charge in [-0.3, -0.25) is 9.78 Å². The van der Waals surface area contributed by atoms with E-state index in [-0.39, 0.29) is 5.91 Å². The van der Waals surface area contributed by atoms with Crippen LogP contribution in [0.25, 0.3) is 5.69 Å². The van der Waals surface area contributed by atoms with Crippen LogP contribution in [-0.2, 0) is 6.42 Å². The highest BCUT2D eigenvalue weighted by Crippen LogP contribution is 2.41. The topological polar surface area (TPSA) is 60.3 Å². The molecule has 0 bridgehead atoms. The molecule has 0 atom stereocenters. The van der Waals surface area contributed by atoms with E-state index in [0.29, 0.717) is 18.2 Å². The van der Waals surface area contributed by atoms with E-state index >= 15 is 0 Å². The fraction of sp³-hybridized carbons (Fsp3) is 0.318. The highest BCUT2D eigenvalue weighted by molar-refractivity contribution is 5.92. The Bertz CT molecular complexity index is 946. The molecular weight excluding hydrogens is 352 g/mol. The molecule has 6 nitrogen and oxygen atoms in total. The molecule has 0 radical (unpaired) electrons. The van der Waals surface area contributed by atoms with Crippen molar-refractivity contribution in [2.24, 2.45) is 0 Å². The summed E-state index contributed by atoms with van der Waals surface area (Å²) in [7, 11) is 3.48. The molecule has 144 valence electrons. The molecule has 1 aliphatic rings. The maximum Gasteiger partial charge on any atom is 0.274 e. The number of aromatic nitrogens is 3. The molecule has 1 aromatic carbocycles. The number of likely N-dealkylation sites (N-methyl/N-ethyl adjacent to an activating group) is 1. The first kappa shape index (κ1) is 18.2. The summed E-state index contributed by atoms with van der Waals surface area (Å²) in [6.07, 6.45) is 6.63. The maximum atomic E-state index is 12.9. The summed E-state index contributed by atoms with van der Waals surface area (Å²) >= 11 is 0. The molecule has 1 amide bonds. The number of amides is 1. The van der Waals surface area contributed by atoms with Crippen LogP contribution >= 0.6 is 0 Å². The van der Waals surface area contributed by atoms with E-state index in [4.69, 9.17) is 4.74 Å². The average Bonchev–Trinajstić information content (AvgIpc) is 3.50. The van der Waals surface area contributed by atoms with Crippen molar-refractivity contribution in [3.05, 3.63) is 71.8 Å². The molecule has 1 aliphatic carbocycles. The molecule has 1 saturated carbocycles. The summed E-state index contributed by atoms with van der Waals surface area (Å²) in [5.41, 5.74) is 3.71. The summed E-state index contributed by atoms with van der Waals surface area (Å²) in [6.45, 7) is 0.636. The summed E-state index contributed by atoms with van der Waals surface area (Å²) in [6, 6.07) is 13.7. The lowest BCUT2D eigenvalue weighted by atomic mass is 10.2. The largest absolute Gasteiger partial charge is 0.497 e. The number of benzene rings is 1. The van der Waals surface area contributed by atoms with Crippen LogP contribution in [0.3, 0.4) is 0 Å². The molecule has 28 heavy (non-hydrogen) atoms. The van der Waals surface area contributed by atoms with Gasteiger partial charge in [-0.2, -0.15) is 5.10 Å². The Morgan fingerprint density at radius 2 is 1.89 bits per heavy atom. The van der Waals surface area contributed by atoms with Gasteiger partial charge in [0.2, 0.25) is 0 Å². The Morgan fingerprint density at radius 1 is 1.18 bits per heavy atom. The number of hydrogen-bond donors (Lipinski definition) is 0. The predicted molar refractivity (Wildman–Crippen MR) is 107 cm³/mol. The Balaban J connectivity index is 1.53. The molecule has 0 spiro atoms. The van der Waals surface area contributed by atoms with Crippen LogP contribution in [-0.4, -0.2) is 46.3 Å². The second kappa shape index (κ2) is 7.84. The van der Waals surface area contributed by atoms with Crippen molar-refractivity contribution >= 4 is 5.91 Å². The smallest absolute Gasteiger partial charge is 0.274 e. The summed E-state index contributed by atoms with van der Waals surface area (Å²) < 4.78 is 7.14. The zero-order valence-corrected chi connectivity index (χ0v) is 16.2. The first-order chi connectivity index (χ1) is 13.7. The molecule has 3 aromatic rings. The van der Waals surface area contributed by atoms with E-state index in [1.54, 1.807) is 24.4 Å². The van der Waals surface area contributed by atoms with Crippen LogP contribution in [0, 0.1) is 0 Å². The molecule has 0 N–H and O–H groups in total. The standard InChI is InChI=1S/C22H24N4O2/c1-25(14-11-16-9-12-23-13-10-16)22(27)20-15-21(17-3-4-17)26(24-20)18-5-7-19(28-2)8-6-18/h5-10,12-13,15,17H,3-4,11,14H2,1-2H3. The SMILES string of the molecule is COc1ccc(-n2nc(C(=O)N(C)CCc3ccncc3)cc2C2CC2)cc1. The Labute approximate surface area is 164 Å². The van der Waals surface area contributed by atoms with Gasteiger partial charge in [0.25, 0.3) is 5.91 Å². The molecule has 0 saturated heterocycles. The second-order valence-electron chi connectivity index (χ2n) is 7.17. The molecular formula is C22H24N4O2. The predicted octanol–water partition coefficient (Wildman–Crippen LogP) is 3.47. The fourth-order valence-corrected chi connectivity index (χ4v) is 3.24. The minimum absolute atomic E-state index is 0.0526. The lowest BCUT2D eigenvalue weighted by Gasteiger charge is -2.15. The monoisotopic (exact) mass is 376 g/mol. The zero-order valence-electron chi connectivity index (χ0n) is 16.2. The van der Waals surface area contributed by atoms with Crippen LogP contribution in [0.1, 0.15) is 40.5 Å². The zero-order chi connectivity index (χ0) is 19.5. The number of carbonyl (C=O) groups is 1. The van der Waals surface area contributed by atoms with E-state index < -0.39 is 0 Å². The van der Waals surface area contributed by atoms with E-state index in [2.05, 4.69) is 10.1 Å². The summed E-state index contributed by atoms with van der Waals surface area (Å²) in [5, 5.41) is 4.65. The van der Waals surface area contributed by atoms with E-state index in [0.717, 1.165) is 42.0 Å². The number of rotatable bonds is 7. The number of pyridine rings is 1. The highest BCUT2D eigenvalue weighted by atomic mass is 16.5. The van der Waals surface area contributed by atoms with Gasteiger partial charge in [-0.05, 0) is 67.3 Å². The number of carbonyl (C=O) groups excluding carboxylic acids is 1. The van der Waals surface area contributed by atoms with Crippen LogP contribution in [0.5, 0.6) is 5.75 Å². The number of methoxy groups -OCH3 is 1. The number of hydrogen-bond acceptors (Lipinski definition) is 4. The van der Waals surface area contributed by atoms with Crippen molar-refractivity contribution in [2.45, 2.75) is 25.2 Å². The minimum atomic E-state index is -0.0526. The first-order valence-corrected chi connectivity index (χ1v) is 9.54. The van der Waals surface area contributed by atoms with Crippen molar-refractivity contribution in [1.29, 1.82) is 0 Å². The lowest BCUT2D eigenvalue weighted by Crippen LogP contribution is -2.29. The van der Waals surface area contributed by atoms with Gasteiger partial charge in [-0.15, -0.1) is 0 Å². The highest BCUT2D eigenvalue weighted by Gasteiger charge is 2.30. The third-order valence-electron chi connectivity index (χ3n) is 5.10. The van der Waals surface area contributed by atoms with E-state index in [9.17, 15) is 4.79 Å². The Kier molecular flexibility index (Phi) is 5.10. The lowest BCUT2D eigenvalue weighted by molar-refractivity contribution is 0.0790. The molecule has 4 rings (SSSR count). The second-order valence-corrected chi connectivity index (χ2v) is 7.17. The fourth-order valence-electron chi connectivity index (χ4n) is 3.24. The van der Waals surface area contributed by atoms with Crippen molar-refractivity contribution in [3.63, 3.8) is 0 Å². The van der Waals surface area contributed by atoms with E-state index in [1.807, 2.05) is 54.2 Å². The van der Waals surface area contributed by atoms with Crippen molar-refractivity contribution < 1.29 is 9.53 Å². The van der Waals surface area contributed by atoms with Crippen molar-refractivity contribution in [3.8, 4) is 11.4 Å². The molecule has 1 fully saturated rings. The van der Waals surface area contributed by atoms with Crippen LogP contribution < -0.4 is 4.74 Å². The average molecular weight is 376 g/mol. The summed E-state index contributed by atoms with van der Waals surface area (Å²) in [4.78, 5) is 18.7. The molecule has 2 aromatic heterocycles. The van der Waals surface area contributed by atoms with Crippen LogP contribution in [0.4, 0.5) is 0 Å². The first-order valence-electron chi connectivity index (χ1n) is 9.54. The quantitative estimate of drug-likeness (QED) is 0.634.